The first kappa shape index (κ1) is 15.9. The van der Waals surface area contributed by atoms with Gasteiger partial charge >= 0.3 is 0 Å². The van der Waals surface area contributed by atoms with Crippen molar-refractivity contribution in [3.63, 3.8) is 0 Å². The highest BCUT2D eigenvalue weighted by Gasteiger charge is 2.22. The zero-order chi connectivity index (χ0) is 17.4. The summed E-state index contributed by atoms with van der Waals surface area (Å²) in [4.78, 5) is 30.3. The molecule has 1 aliphatic rings. The largest absolute Gasteiger partial charge is 0.348 e. The predicted octanol–water partition coefficient (Wildman–Crippen LogP) is 1.48. The molecule has 1 N–H and O–H groups in total. The summed E-state index contributed by atoms with van der Waals surface area (Å²) in [5, 5.41) is 7.49. The second-order valence-electron chi connectivity index (χ2n) is 5.98. The van der Waals surface area contributed by atoms with Gasteiger partial charge in [0.25, 0.3) is 5.56 Å². The maximum atomic E-state index is 12.5. The van der Waals surface area contributed by atoms with Crippen LogP contribution in [-0.4, -0.2) is 31.0 Å². The Bertz CT molecular complexity index is 1010. The summed E-state index contributed by atoms with van der Waals surface area (Å²) in [6.45, 7) is -0.0531. The Morgan fingerprint density at radius 3 is 3.12 bits per heavy atom. The summed E-state index contributed by atoms with van der Waals surface area (Å²) < 4.78 is 2.86. The molecule has 1 aliphatic heterocycles. The normalized spacial score (nSPS) is 16.6. The van der Waals surface area contributed by atoms with Gasteiger partial charge in [-0.1, -0.05) is 18.2 Å². The quantitative estimate of drug-likeness (QED) is 0.770. The van der Waals surface area contributed by atoms with Crippen LogP contribution in [0.1, 0.15) is 18.0 Å². The van der Waals surface area contributed by atoms with Crippen molar-refractivity contribution >= 4 is 28.7 Å². The minimum Gasteiger partial charge on any atom is -0.348 e. The molecule has 0 saturated heterocycles. The molecule has 0 aliphatic carbocycles. The van der Waals surface area contributed by atoms with Crippen molar-refractivity contribution < 1.29 is 4.79 Å². The number of hydrogen-bond donors (Lipinski definition) is 1. The van der Waals surface area contributed by atoms with Crippen LogP contribution in [0.3, 0.4) is 0 Å². The molecule has 1 aromatic carbocycles. The summed E-state index contributed by atoms with van der Waals surface area (Å²) in [6.07, 6.45) is 3.76. The summed E-state index contributed by atoms with van der Waals surface area (Å²) in [6, 6.07) is 8.08. The molecule has 0 fully saturated rings. The molecule has 3 heterocycles. The molecule has 1 unspecified atom stereocenters. The van der Waals surface area contributed by atoms with Gasteiger partial charge in [-0.05, 0) is 18.1 Å². The molecule has 0 spiro atoms. The van der Waals surface area contributed by atoms with Gasteiger partial charge in [0.1, 0.15) is 18.3 Å². The fourth-order valence-electron chi connectivity index (χ4n) is 3.07. The summed E-state index contributed by atoms with van der Waals surface area (Å²) >= 11 is 1.80. The zero-order valence-corrected chi connectivity index (χ0v) is 14.5. The van der Waals surface area contributed by atoms with E-state index in [-0.39, 0.29) is 24.1 Å². The van der Waals surface area contributed by atoms with Gasteiger partial charge in [-0.2, -0.15) is 5.10 Å². The van der Waals surface area contributed by atoms with Crippen molar-refractivity contribution in [2.45, 2.75) is 23.9 Å². The number of thioether (sulfide) groups is 1. The third-order valence-electron chi connectivity index (χ3n) is 4.33. The standard InChI is InChI=1S/C17H17N5O2S/c1-21-16-12(8-19-21)17(24)22(10-18-16)9-15(23)20-13-6-7-25-14-5-3-2-4-11(13)14/h2-5,8,10,13H,6-7,9H2,1H3,(H,20,23). The minimum atomic E-state index is -0.257. The number of rotatable bonds is 3. The van der Waals surface area contributed by atoms with Crippen LogP contribution in [0.5, 0.6) is 0 Å². The van der Waals surface area contributed by atoms with Crippen molar-refractivity contribution in [3.05, 3.63) is 52.7 Å². The summed E-state index contributed by atoms with van der Waals surface area (Å²) in [7, 11) is 1.73. The molecular formula is C17H17N5O2S. The highest BCUT2D eigenvalue weighted by Crippen LogP contribution is 2.35. The molecule has 1 amide bonds. The van der Waals surface area contributed by atoms with E-state index in [0.29, 0.717) is 11.0 Å². The molecule has 3 aromatic rings. The molecule has 7 nitrogen and oxygen atoms in total. The first-order valence-electron chi connectivity index (χ1n) is 8.02. The number of carbonyl (C=O) groups is 1. The van der Waals surface area contributed by atoms with Crippen LogP contribution in [0.25, 0.3) is 11.0 Å². The van der Waals surface area contributed by atoms with Crippen molar-refractivity contribution in [1.82, 2.24) is 24.6 Å². The van der Waals surface area contributed by atoms with Gasteiger partial charge < -0.3 is 5.32 Å². The number of benzene rings is 1. The topological polar surface area (TPSA) is 81.8 Å². The summed E-state index contributed by atoms with van der Waals surface area (Å²) in [5.74, 6) is 0.768. The van der Waals surface area contributed by atoms with Gasteiger partial charge in [0, 0.05) is 17.7 Å². The number of fused-ring (bicyclic) bond motifs is 2. The maximum absolute atomic E-state index is 12.5. The number of hydrogen-bond acceptors (Lipinski definition) is 5. The Morgan fingerprint density at radius 2 is 2.24 bits per heavy atom. The van der Waals surface area contributed by atoms with E-state index >= 15 is 0 Å². The van der Waals surface area contributed by atoms with Crippen LogP contribution in [-0.2, 0) is 18.4 Å². The fourth-order valence-corrected chi connectivity index (χ4v) is 4.19. The van der Waals surface area contributed by atoms with Crippen LogP contribution < -0.4 is 10.9 Å². The van der Waals surface area contributed by atoms with Crippen LogP contribution in [0, 0.1) is 0 Å². The van der Waals surface area contributed by atoms with E-state index in [1.165, 1.54) is 26.7 Å². The Balaban J connectivity index is 1.54. The first-order valence-corrected chi connectivity index (χ1v) is 9.00. The maximum Gasteiger partial charge on any atom is 0.264 e. The van der Waals surface area contributed by atoms with Crippen LogP contribution in [0.15, 0.2) is 46.5 Å². The van der Waals surface area contributed by atoms with Gasteiger partial charge in [0.05, 0.1) is 12.2 Å². The van der Waals surface area contributed by atoms with Gasteiger partial charge in [-0.3, -0.25) is 18.8 Å². The summed E-state index contributed by atoms with van der Waals surface area (Å²) in [5.41, 5.74) is 1.40. The lowest BCUT2D eigenvalue weighted by Crippen LogP contribution is -2.35. The molecule has 128 valence electrons. The van der Waals surface area contributed by atoms with Crippen molar-refractivity contribution in [3.8, 4) is 0 Å². The van der Waals surface area contributed by atoms with Crippen LogP contribution >= 0.6 is 11.8 Å². The molecule has 4 rings (SSSR count). The van der Waals surface area contributed by atoms with E-state index in [0.717, 1.165) is 17.7 Å². The third kappa shape index (κ3) is 2.93. The Morgan fingerprint density at radius 1 is 1.40 bits per heavy atom. The smallest absolute Gasteiger partial charge is 0.264 e. The van der Waals surface area contributed by atoms with E-state index in [1.54, 1.807) is 18.8 Å². The molecule has 8 heteroatoms. The first-order chi connectivity index (χ1) is 12.1. The number of nitrogens with zero attached hydrogens (tertiary/aromatic N) is 4. The number of nitrogens with one attached hydrogen (secondary N) is 1. The Hall–Kier alpha value is -2.61. The molecule has 2 aromatic heterocycles. The fraction of sp³-hybridized carbons (Fsp3) is 0.294. The predicted molar refractivity (Wildman–Crippen MR) is 95.4 cm³/mol. The second-order valence-corrected chi connectivity index (χ2v) is 7.11. The van der Waals surface area contributed by atoms with Crippen LogP contribution in [0.2, 0.25) is 0 Å². The van der Waals surface area contributed by atoms with Gasteiger partial charge in [-0.15, -0.1) is 11.8 Å². The number of carbonyl (C=O) groups excluding carboxylic acids is 1. The molecule has 0 saturated carbocycles. The van der Waals surface area contributed by atoms with E-state index in [2.05, 4.69) is 21.5 Å². The highest BCUT2D eigenvalue weighted by atomic mass is 32.2. The minimum absolute atomic E-state index is 0.0178. The number of aryl methyl sites for hydroxylation is 1. The average molecular weight is 355 g/mol. The molecular weight excluding hydrogens is 338 g/mol. The lowest BCUT2D eigenvalue weighted by Gasteiger charge is -2.26. The average Bonchev–Trinajstić information content (AvgIpc) is 2.99. The lowest BCUT2D eigenvalue weighted by molar-refractivity contribution is -0.122. The Labute approximate surface area is 148 Å². The second kappa shape index (κ2) is 6.36. The van der Waals surface area contributed by atoms with E-state index in [1.807, 2.05) is 18.2 Å². The molecule has 0 radical (unpaired) electrons. The Kier molecular flexibility index (Phi) is 4.04. The SMILES string of the molecule is Cn1ncc2c(=O)n(CC(=O)NC3CCSc4ccccc43)cnc21. The monoisotopic (exact) mass is 355 g/mol. The zero-order valence-electron chi connectivity index (χ0n) is 13.7. The lowest BCUT2D eigenvalue weighted by atomic mass is 10.0. The van der Waals surface area contributed by atoms with E-state index < -0.39 is 0 Å². The van der Waals surface area contributed by atoms with E-state index in [9.17, 15) is 9.59 Å². The van der Waals surface area contributed by atoms with Gasteiger partial charge in [-0.25, -0.2) is 4.98 Å². The van der Waals surface area contributed by atoms with Gasteiger partial charge in [0.15, 0.2) is 5.65 Å². The van der Waals surface area contributed by atoms with E-state index in [4.69, 9.17) is 0 Å². The van der Waals surface area contributed by atoms with Crippen LogP contribution in [0.4, 0.5) is 0 Å². The molecule has 25 heavy (non-hydrogen) atoms. The van der Waals surface area contributed by atoms with Crippen molar-refractivity contribution in [2.24, 2.45) is 7.05 Å². The number of amides is 1. The third-order valence-corrected chi connectivity index (χ3v) is 5.45. The molecule has 0 bridgehead atoms. The van der Waals surface area contributed by atoms with Crippen molar-refractivity contribution in [2.75, 3.05) is 5.75 Å². The van der Waals surface area contributed by atoms with Gasteiger partial charge in [0.2, 0.25) is 5.91 Å². The molecule has 1 atom stereocenters. The highest BCUT2D eigenvalue weighted by molar-refractivity contribution is 7.99. The van der Waals surface area contributed by atoms with Crippen molar-refractivity contribution in [1.29, 1.82) is 0 Å². The number of aromatic nitrogens is 4.